The van der Waals surface area contributed by atoms with E-state index in [0.29, 0.717) is 0 Å². The molecule has 0 spiro atoms. The molecule has 2 heterocycles. The number of benzene rings is 1. The number of nitrogens with zero attached hydrogens (tertiary/aromatic N) is 3. The number of anilines is 1. The third-order valence-electron chi connectivity index (χ3n) is 4.16. The molecule has 4 nitrogen and oxygen atoms in total. The van der Waals surface area contributed by atoms with Crippen molar-refractivity contribution in [1.29, 1.82) is 0 Å². The third-order valence-corrected chi connectivity index (χ3v) is 5.02. The Morgan fingerprint density at radius 3 is 2.70 bits per heavy atom. The SMILES string of the molecule is C=C1/C=C(/C)SCNc2ccccc2N=C1N1CCN(C)CC1. The van der Waals surface area contributed by atoms with Crippen LogP contribution in [0.1, 0.15) is 6.92 Å². The van der Waals surface area contributed by atoms with Gasteiger partial charge >= 0.3 is 0 Å². The number of rotatable bonds is 0. The van der Waals surface area contributed by atoms with Gasteiger partial charge in [-0.15, -0.1) is 11.8 Å². The minimum absolute atomic E-state index is 0.839. The molecule has 2 aliphatic rings. The molecule has 0 radical (unpaired) electrons. The lowest BCUT2D eigenvalue weighted by molar-refractivity contribution is 0.216. The second kappa shape index (κ2) is 7.23. The maximum Gasteiger partial charge on any atom is 0.136 e. The highest BCUT2D eigenvalue weighted by atomic mass is 32.2. The highest BCUT2D eigenvalue weighted by Gasteiger charge is 2.20. The van der Waals surface area contributed by atoms with Crippen molar-refractivity contribution in [2.75, 3.05) is 44.4 Å². The first-order chi connectivity index (χ1) is 11.1. The molecule has 1 N–H and O–H groups in total. The van der Waals surface area contributed by atoms with Gasteiger partial charge in [-0.05, 0) is 37.1 Å². The summed E-state index contributed by atoms with van der Waals surface area (Å²) in [6, 6.07) is 8.23. The van der Waals surface area contributed by atoms with Crippen molar-refractivity contribution in [3.05, 3.63) is 47.4 Å². The number of piperazine rings is 1. The van der Waals surface area contributed by atoms with Crippen LogP contribution in [0.2, 0.25) is 0 Å². The van der Waals surface area contributed by atoms with Gasteiger partial charge in [0.2, 0.25) is 0 Å². The van der Waals surface area contributed by atoms with E-state index >= 15 is 0 Å². The molecular formula is C18H24N4S. The summed E-state index contributed by atoms with van der Waals surface area (Å²) in [5.74, 6) is 1.83. The van der Waals surface area contributed by atoms with Crippen molar-refractivity contribution >= 4 is 29.0 Å². The Kier molecular flexibility index (Phi) is 5.08. The first-order valence-electron chi connectivity index (χ1n) is 7.99. The minimum Gasteiger partial charge on any atom is -0.374 e. The summed E-state index contributed by atoms with van der Waals surface area (Å²) in [4.78, 5) is 10.9. The monoisotopic (exact) mass is 328 g/mol. The molecule has 1 aromatic carbocycles. The highest BCUT2D eigenvalue weighted by Crippen LogP contribution is 2.29. The van der Waals surface area contributed by atoms with Crippen molar-refractivity contribution in [1.82, 2.24) is 9.80 Å². The first kappa shape index (κ1) is 16.1. The van der Waals surface area contributed by atoms with Gasteiger partial charge in [0.15, 0.2) is 0 Å². The number of thioether (sulfide) groups is 1. The van der Waals surface area contributed by atoms with Gasteiger partial charge in [0.1, 0.15) is 5.84 Å². The van der Waals surface area contributed by atoms with Gasteiger partial charge in [-0.3, -0.25) is 0 Å². The van der Waals surface area contributed by atoms with Crippen LogP contribution in [0.5, 0.6) is 0 Å². The molecule has 5 heteroatoms. The molecule has 0 aliphatic carbocycles. The average molecular weight is 328 g/mol. The zero-order valence-corrected chi connectivity index (χ0v) is 14.7. The fourth-order valence-electron chi connectivity index (χ4n) is 2.78. The summed E-state index contributed by atoms with van der Waals surface area (Å²) >= 11 is 1.80. The summed E-state index contributed by atoms with van der Waals surface area (Å²) in [5, 5.41) is 3.47. The predicted molar refractivity (Wildman–Crippen MR) is 102 cm³/mol. The lowest BCUT2D eigenvalue weighted by Crippen LogP contribution is -2.47. The number of hydrogen-bond acceptors (Lipinski definition) is 5. The number of hydrogen-bond donors (Lipinski definition) is 1. The van der Waals surface area contributed by atoms with Crippen molar-refractivity contribution in [2.24, 2.45) is 4.99 Å². The van der Waals surface area contributed by atoms with Crippen LogP contribution in [0.25, 0.3) is 0 Å². The highest BCUT2D eigenvalue weighted by molar-refractivity contribution is 8.03. The van der Waals surface area contributed by atoms with Crippen LogP contribution in [-0.4, -0.2) is 54.7 Å². The van der Waals surface area contributed by atoms with Crippen LogP contribution in [0.4, 0.5) is 11.4 Å². The van der Waals surface area contributed by atoms with E-state index in [2.05, 4.69) is 53.9 Å². The molecule has 122 valence electrons. The molecule has 0 unspecified atom stereocenters. The van der Waals surface area contributed by atoms with E-state index < -0.39 is 0 Å². The number of fused-ring (bicyclic) bond motifs is 1. The summed E-state index contributed by atoms with van der Waals surface area (Å²) < 4.78 is 0. The lowest BCUT2D eigenvalue weighted by Gasteiger charge is -2.35. The van der Waals surface area contributed by atoms with Gasteiger partial charge in [-0.25, -0.2) is 4.99 Å². The van der Waals surface area contributed by atoms with Crippen molar-refractivity contribution in [3.8, 4) is 0 Å². The number of allylic oxidation sites excluding steroid dienone is 1. The van der Waals surface area contributed by atoms with Gasteiger partial charge < -0.3 is 15.1 Å². The molecule has 1 saturated heterocycles. The van der Waals surface area contributed by atoms with Gasteiger partial charge in [0.25, 0.3) is 0 Å². The van der Waals surface area contributed by atoms with E-state index in [1.54, 1.807) is 11.8 Å². The van der Waals surface area contributed by atoms with E-state index in [1.165, 1.54) is 4.91 Å². The van der Waals surface area contributed by atoms with Crippen LogP contribution < -0.4 is 5.32 Å². The van der Waals surface area contributed by atoms with Crippen molar-refractivity contribution < 1.29 is 0 Å². The predicted octanol–water partition coefficient (Wildman–Crippen LogP) is 3.54. The van der Waals surface area contributed by atoms with Crippen LogP contribution in [0.3, 0.4) is 0 Å². The smallest absolute Gasteiger partial charge is 0.136 e. The normalized spacial score (nSPS) is 22.5. The van der Waals surface area contributed by atoms with E-state index in [-0.39, 0.29) is 0 Å². The Bertz CT molecular complexity index is 642. The van der Waals surface area contributed by atoms with E-state index in [1.807, 2.05) is 12.1 Å². The van der Waals surface area contributed by atoms with E-state index in [0.717, 1.165) is 54.8 Å². The Morgan fingerprint density at radius 2 is 1.91 bits per heavy atom. The van der Waals surface area contributed by atoms with Gasteiger partial charge in [0, 0.05) is 31.8 Å². The minimum atomic E-state index is 0.839. The van der Waals surface area contributed by atoms with Gasteiger partial charge in [-0.1, -0.05) is 18.7 Å². The fraction of sp³-hybridized carbons (Fsp3) is 0.389. The quantitative estimate of drug-likeness (QED) is 0.789. The summed E-state index contributed by atoms with van der Waals surface area (Å²) in [6.07, 6.45) is 2.15. The fourth-order valence-corrected chi connectivity index (χ4v) is 3.46. The van der Waals surface area contributed by atoms with Crippen molar-refractivity contribution in [3.63, 3.8) is 0 Å². The third kappa shape index (κ3) is 3.98. The maximum atomic E-state index is 4.97. The molecule has 3 rings (SSSR count). The van der Waals surface area contributed by atoms with E-state index in [9.17, 15) is 0 Å². The molecule has 0 atom stereocenters. The van der Waals surface area contributed by atoms with Crippen LogP contribution in [-0.2, 0) is 0 Å². The zero-order chi connectivity index (χ0) is 16.2. The van der Waals surface area contributed by atoms with Crippen LogP contribution in [0, 0.1) is 0 Å². The molecule has 0 aromatic heterocycles. The molecule has 1 fully saturated rings. The molecule has 23 heavy (non-hydrogen) atoms. The summed E-state index contributed by atoms with van der Waals surface area (Å²) in [7, 11) is 2.17. The Balaban J connectivity index is 1.99. The molecule has 0 saturated carbocycles. The molecule has 0 bridgehead atoms. The summed E-state index contributed by atoms with van der Waals surface area (Å²) in [5.41, 5.74) is 3.06. The standard InChI is InChI=1S/C18H24N4S/c1-14-12-15(2)23-13-19-16-6-4-5-7-17(16)20-18(14)22-10-8-21(3)9-11-22/h4-7,12,19H,1,8-11,13H2,2-3H3/b15-12-,20-18?. The van der Waals surface area contributed by atoms with Crippen molar-refractivity contribution in [2.45, 2.75) is 6.92 Å². The van der Waals surface area contributed by atoms with Gasteiger partial charge in [-0.2, -0.15) is 0 Å². The zero-order valence-electron chi connectivity index (χ0n) is 13.9. The first-order valence-corrected chi connectivity index (χ1v) is 8.97. The average Bonchev–Trinajstić information content (AvgIpc) is 2.54. The van der Waals surface area contributed by atoms with E-state index in [4.69, 9.17) is 4.99 Å². The van der Waals surface area contributed by atoms with Crippen LogP contribution in [0.15, 0.2) is 52.4 Å². The molecule has 0 amide bonds. The lowest BCUT2D eigenvalue weighted by atomic mass is 10.2. The number of aliphatic imine (C=N–C) groups is 1. The molecule has 1 aromatic rings. The molecular weight excluding hydrogens is 304 g/mol. The second-order valence-electron chi connectivity index (χ2n) is 5.99. The number of amidine groups is 1. The molecule has 2 aliphatic heterocycles. The Hall–Kier alpha value is -1.72. The second-order valence-corrected chi connectivity index (χ2v) is 7.21. The topological polar surface area (TPSA) is 30.9 Å². The number of likely N-dealkylation sites (N-methyl/N-ethyl adjacent to an activating group) is 1. The number of nitrogens with one attached hydrogen (secondary N) is 1. The Labute approximate surface area is 143 Å². The Morgan fingerprint density at radius 1 is 1.17 bits per heavy atom. The summed E-state index contributed by atoms with van der Waals surface area (Å²) in [6.45, 7) is 10.5. The largest absolute Gasteiger partial charge is 0.374 e. The maximum absolute atomic E-state index is 4.97. The van der Waals surface area contributed by atoms with Crippen LogP contribution >= 0.6 is 11.8 Å². The number of para-hydroxylation sites is 2. The van der Waals surface area contributed by atoms with Gasteiger partial charge in [0.05, 0.1) is 17.3 Å².